The highest BCUT2D eigenvalue weighted by molar-refractivity contribution is 5.94. The highest BCUT2D eigenvalue weighted by Gasteiger charge is 2.09. The number of carbonyl (C=O) groups is 1. The molecule has 0 fully saturated rings. The summed E-state index contributed by atoms with van der Waals surface area (Å²) in [5.74, 6) is 0.728. The lowest BCUT2D eigenvalue weighted by atomic mass is 10.2. The predicted molar refractivity (Wildman–Crippen MR) is 55.6 cm³/mol. The molecule has 0 aromatic heterocycles. The third-order valence-corrected chi connectivity index (χ3v) is 2.14. The van der Waals surface area contributed by atoms with E-state index in [-0.39, 0.29) is 5.91 Å². The number of nitrogens with zero attached hydrogens (tertiary/aromatic N) is 1. The Kier molecular flexibility index (Phi) is 3.51. The van der Waals surface area contributed by atoms with Gasteiger partial charge in [0.25, 0.3) is 5.91 Å². The number of methoxy groups -OCH3 is 1. The van der Waals surface area contributed by atoms with E-state index in [9.17, 15) is 4.79 Å². The van der Waals surface area contributed by atoms with Gasteiger partial charge >= 0.3 is 0 Å². The third kappa shape index (κ3) is 2.25. The number of rotatable bonds is 3. The average molecular weight is 193 g/mol. The highest BCUT2D eigenvalue weighted by Crippen LogP contribution is 2.13. The monoisotopic (exact) mass is 193 g/mol. The maximum atomic E-state index is 11.7. The van der Waals surface area contributed by atoms with Gasteiger partial charge in [0.05, 0.1) is 7.11 Å². The molecular formula is C11H15NO2. The normalized spacial score (nSPS) is 9.64. The first kappa shape index (κ1) is 10.6. The van der Waals surface area contributed by atoms with Crippen molar-refractivity contribution in [3.05, 3.63) is 29.8 Å². The molecule has 1 rings (SSSR count). The Hall–Kier alpha value is -1.51. The van der Waals surface area contributed by atoms with Crippen molar-refractivity contribution in [2.24, 2.45) is 0 Å². The fourth-order valence-electron chi connectivity index (χ4n) is 1.12. The summed E-state index contributed by atoms with van der Waals surface area (Å²) in [5.41, 5.74) is 0.661. The SMILES string of the molecule is CCN(C)C(=O)c1cccc(OC)c1. The molecule has 0 saturated heterocycles. The summed E-state index contributed by atoms with van der Waals surface area (Å²) in [6.07, 6.45) is 0. The molecule has 0 heterocycles. The van der Waals surface area contributed by atoms with Crippen LogP contribution in [-0.4, -0.2) is 31.5 Å². The maximum Gasteiger partial charge on any atom is 0.253 e. The van der Waals surface area contributed by atoms with Crippen LogP contribution < -0.4 is 4.74 Å². The van der Waals surface area contributed by atoms with Gasteiger partial charge in [0.2, 0.25) is 0 Å². The van der Waals surface area contributed by atoms with Crippen LogP contribution in [0.25, 0.3) is 0 Å². The van der Waals surface area contributed by atoms with Crippen LogP contribution >= 0.6 is 0 Å². The molecule has 3 heteroatoms. The molecule has 0 bridgehead atoms. The van der Waals surface area contributed by atoms with Gasteiger partial charge in [-0.2, -0.15) is 0 Å². The standard InChI is InChI=1S/C11H15NO2/c1-4-12(2)11(13)9-6-5-7-10(8-9)14-3/h5-8H,4H2,1-3H3. The Morgan fingerprint density at radius 3 is 2.79 bits per heavy atom. The minimum atomic E-state index is 0.0198. The second-order valence-electron chi connectivity index (χ2n) is 3.05. The second-order valence-corrected chi connectivity index (χ2v) is 3.05. The number of benzene rings is 1. The molecular weight excluding hydrogens is 178 g/mol. The highest BCUT2D eigenvalue weighted by atomic mass is 16.5. The number of ether oxygens (including phenoxy) is 1. The molecule has 3 nitrogen and oxygen atoms in total. The topological polar surface area (TPSA) is 29.5 Å². The first-order valence-corrected chi connectivity index (χ1v) is 4.58. The lowest BCUT2D eigenvalue weighted by Gasteiger charge is -2.14. The quantitative estimate of drug-likeness (QED) is 0.732. The van der Waals surface area contributed by atoms with Gasteiger partial charge in [0, 0.05) is 19.2 Å². The van der Waals surface area contributed by atoms with Gasteiger partial charge in [0.15, 0.2) is 0 Å². The summed E-state index contributed by atoms with van der Waals surface area (Å²) < 4.78 is 5.05. The van der Waals surface area contributed by atoms with Crippen LogP contribution in [0.4, 0.5) is 0 Å². The van der Waals surface area contributed by atoms with E-state index in [1.54, 1.807) is 31.2 Å². The molecule has 1 amide bonds. The van der Waals surface area contributed by atoms with Crippen molar-refractivity contribution in [1.82, 2.24) is 4.90 Å². The van der Waals surface area contributed by atoms with E-state index < -0.39 is 0 Å². The van der Waals surface area contributed by atoms with E-state index >= 15 is 0 Å². The molecule has 0 unspecified atom stereocenters. The molecule has 1 aromatic rings. The predicted octanol–water partition coefficient (Wildman–Crippen LogP) is 1.79. The van der Waals surface area contributed by atoms with Crippen molar-refractivity contribution < 1.29 is 9.53 Å². The summed E-state index contributed by atoms with van der Waals surface area (Å²) in [6, 6.07) is 7.17. The number of amides is 1. The molecule has 0 aliphatic heterocycles. The molecule has 0 radical (unpaired) electrons. The molecule has 76 valence electrons. The van der Waals surface area contributed by atoms with Gasteiger partial charge in [0.1, 0.15) is 5.75 Å². The molecule has 0 N–H and O–H groups in total. The Labute approximate surface area is 84.3 Å². The van der Waals surface area contributed by atoms with E-state index in [4.69, 9.17) is 4.74 Å². The Bertz CT molecular complexity index is 323. The van der Waals surface area contributed by atoms with E-state index in [0.29, 0.717) is 17.9 Å². The summed E-state index contributed by atoms with van der Waals surface area (Å²) in [6.45, 7) is 2.65. The largest absolute Gasteiger partial charge is 0.497 e. The summed E-state index contributed by atoms with van der Waals surface area (Å²) >= 11 is 0. The van der Waals surface area contributed by atoms with Crippen molar-refractivity contribution in [3.63, 3.8) is 0 Å². The van der Waals surface area contributed by atoms with Crippen molar-refractivity contribution in [2.45, 2.75) is 6.92 Å². The van der Waals surface area contributed by atoms with E-state index in [1.807, 2.05) is 19.1 Å². The fourth-order valence-corrected chi connectivity index (χ4v) is 1.12. The van der Waals surface area contributed by atoms with Gasteiger partial charge in [-0.05, 0) is 25.1 Å². The van der Waals surface area contributed by atoms with Gasteiger partial charge in [-0.3, -0.25) is 4.79 Å². The zero-order chi connectivity index (χ0) is 10.6. The lowest BCUT2D eigenvalue weighted by molar-refractivity contribution is 0.0802. The van der Waals surface area contributed by atoms with Crippen LogP contribution in [0.15, 0.2) is 24.3 Å². The summed E-state index contributed by atoms with van der Waals surface area (Å²) in [5, 5.41) is 0. The Morgan fingerprint density at radius 2 is 2.21 bits per heavy atom. The Morgan fingerprint density at radius 1 is 1.50 bits per heavy atom. The number of hydrogen-bond acceptors (Lipinski definition) is 2. The second kappa shape index (κ2) is 4.65. The lowest BCUT2D eigenvalue weighted by Crippen LogP contribution is -2.26. The van der Waals surface area contributed by atoms with Crippen molar-refractivity contribution in [3.8, 4) is 5.75 Å². The minimum Gasteiger partial charge on any atom is -0.497 e. The van der Waals surface area contributed by atoms with E-state index in [0.717, 1.165) is 0 Å². The third-order valence-electron chi connectivity index (χ3n) is 2.14. The smallest absolute Gasteiger partial charge is 0.253 e. The van der Waals surface area contributed by atoms with Gasteiger partial charge in [-0.1, -0.05) is 6.07 Å². The average Bonchev–Trinajstić information content (AvgIpc) is 2.27. The first-order valence-electron chi connectivity index (χ1n) is 4.58. The van der Waals surface area contributed by atoms with Crippen molar-refractivity contribution >= 4 is 5.91 Å². The van der Waals surface area contributed by atoms with Crippen LogP contribution in [0.1, 0.15) is 17.3 Å². The van der Waals surface area contributed by atoms with E-state index in [2.05, 4.69) is 0 Å². The van der Waals surface area contributed by atoms with Crippen LogP contribution in [0, 0.1) is 0 Å². The van der Waals surface area contributed by atoms with Crippen LogP contribution in [-0.2, 0) is 0 Å². The van der Waals surface area contributed by atoms with Gasteiger partial charge in [-0.25, -0.2) is 0 Å². The first-order chi connectivity index (χ1) is 6.69. The molecule has 0 spiro atoms. The van der Waals surface area contributed by atoms with Gasteiger partial charge < -0.3 is 9.64 Å². The van der Waals surface area contributed by atoms with E-state index in [1.165, 1.54) is 0 Å². The molecule has 1 aromatic carbocycles. The molecule has 0 saturated carbocycles. The zero-order valence-corrected chi connectivity index (χ0v) is 8.78. The van der Waals surface area contributed by atoms with Crippen LogP contribution in [0.2, 0.25) is 0 Å². The number of carbonyl (C=O) groups excluding carboxylic acids is 1. The van der Waals surface area contributed by atoms with Gasteiger partial charge in [-0.15, -0.1) is 0 Å². The van der Waals surface area contributed by atoms with Crippen LogP contribution in [0.3, 0.4) is 0 Å². The minimum absolute atomic E-state index is 0.0198. The Balaban J connectivity index is 2.90. The molecule has 0 atom stereocenters. The van der Waals surface area contributed by atoms with Crippen LogP contribution in [0.5, 0.6) is 5.75 Å². The summed E-state index contributed by atoms with van der Waals surface area (Å²) in [4.78, 5) is 13.4. The number of hydrogen-bond donors (Lipinski definition) is 0. The summed E-state index contributed by atoms with van der Waals surface area (Å²) in [7, 11) is 3.37. The zero-order valence-electron chi connectivity index (χ0n) is 8.78. The van der Waals surface area contributed by atoms with Crippen molar-refractivity contribution in [1.29, 1.82) is 0 Å². The molecule has 0 aliphatic carbocycles. The fraction of sp³-hybridized carbons (Fsp3) is 0.364. The van der Waals surface area contributed by atoms with Crippen molar-refractivity contribution in [2.75, 3.05) is 20.7 Å². The molecule has 14 heavy (non-hydrogen) atoms. The molecule has 0 aliphatic rings. The maximum absolute atomic E-state index is 11.7.